The van der Waals surface area contributed by atoms with Gasteiger partial charge in [0.25, 0.3) is 0 Å². The molecule has 0 saturated heterocycles. The van der Waals surface area contributed by atoms with E-state index in [0.717, 1.165) is 0 Å². The second-order valence-electron chi connectivity index (χ2n) is 4.06. The van der Waals surface area contributed by atoms with Crippen LogP contribution in [0.4, 0.5) is 0 Å². The summed E-state index contributed by atoms with van der Waals surface area (Å²) in [5.41, 5.74) is -3.34. The molecule has 0 heterocycles. The topological polar surface area (TPSA) is 191 Å². The molecule has 120 valence electrons. The average Bonchev–Trinajstić information content (AvgIpc) is 2.31. The number of carbonyl (C=O) groups excluding carboxylic acids is 1. The molecule has 0 radical (unpaired) electrons. The van der Waals surface area contributed by atoms with E-state index < -0.39 is 54.8 Å². The third kappa shape index (κ3) is 5.72. The van der Waals surface area contributed by atoms with Gasteiger partial charge in [-0.3, -0.25) is 14.9 Å². The summed E-state index contributed by atoms with van der Waals surface area (Å²) < 4.78 is 4.28. The van der Waals surface area contributed by atoms with Gasteiger partial charge in [-0.2, -0.15) is 0 Å². The highest BCUT2D eigenvalue weighted by Crippen LogP contribution is 2.20. The number of hydrogen-bond donors (Lipinski definition) is 6. The Morgan fingerprint density at radius 1 is 1.19 bits per heavy atom. The van der Waals surface area contributed by atoms with E-state index in [0.29, 0.717) is 0 Å². The predicted octanol–water partition coefficient (Wildman–Crippen LogP) is -2.80. The Kier molecular flexibility index (Phi) is 6.72. The van der Waals surface area contributed by atoms with Gasteiger partial charge in [-0.05, 0) is 6.92 Å². The van der Waals surface area contributed by atoms with Gasteiger partial charge in [-0.1, -0.05) is 0 Å². The molecular formula is C10H15NO10. The van der Waals surface area contributed by atoms with E-state index in [-0.39, 0.29) is 0 Å². The van der Waals surface area contributed by atoms with Gasteiger partial charge in [0.1, 0.15) is 6.23 Å². The van der Waals surface area contributed by atoms with E-state index in [2.05, 4.69) is 10.1 Å². The lowest BCUT2D eigenvalue weighted by Gasteiger charge is -2.27. The van der Waals surface area contributed by atoms with Gasteiger partial charge in [0.2, 0.25) is 11.7 Å². The first-order valence-corrected chi connectivity index (χ1v) is 5.52. The molecule has 0 aliphatic carbocycles. The number of carboxylic acids is 3. The predicted molar refractivity (Wildman–Crippen MR) is 62.0 cm³/mol. The van der Waals surface area contributed by atoms with Crippen LogP contribution in [-0.4, -0.2) is 73.9 Å². The molecule has 0 aromatic heterocycles. The fourth-order valence-corrected chi connectivity index (χ4v) is 1.27. The molecule has 11 nitrogen and oxygen atoms in total. The summed E-state index contributed by atoms with van der Waals surface area (Å²) in [6, 6.07) is 0. The van der Waals surface area contributed by atoms with Gasteiger partial charge < -0.3 is 30.3 Å². The summed E-state index contributed by atoms with van der Waals surface area (Å²) in [6.45, 7) is 0.574. The molecule has 3 unspecified atom stereocenters. The third-order valence-electron chi connectivity index (χ3n) is 2.24. The van der Waals surface area contributed by atoms with Gasteiger partial charge in [0.05, 0.1) is 13.0 Å². The zero-order valence-corrected chi connectivity index (χ0v) is 10.8. The van der Waals surface area contributed by atoms with Crippen LogP contribution in [0.3, 0.4) is 0 Å². The first-order chi connectivity index (χ1) is 9.50. The van der Waals surface area contributed by atoms with Crippen molar-refractivity contribution in [3.05, 3.63) is 0 Å². The zero-order valence-electron chi connectivity index (χ0n) is 10.8. The number of aliphatic hydroxyl groups is 2. The minimum atomic E-state index is -3.34. The van der Waals surface area contributed by atoms with Gasteiger partial charge in [0, 0.05) is 0 Å². The summed E-state index contributed by atoms with van der Waals surface area (Å²) in [5, 5.41) is 46.9. The van der Waals surface area contributed by atoms with E-state index in [9.17, 15) is 24.3 Å². The molecule has 0 spiro atoms. The molecule has 0 aromatic rings. The number of ether oxygens (including phenoxy) is 1. The average molecular weight is 309 g/mol. The number of rotatable bonds is 9. The zero-order chi connectivity index (χ0) is 16.8. The smallest absolute Gasteiger partial charge is 0.348 e. The highest BCUT2D eigenvalue weighted by atomic mass is 16.6. The maximum Gasteiger partial charge on any atom is 0.348 e. The fourth-order valence-electron chi connectivity index (χ4n) is 1.27. The SMILES string of the molecule is CC(O)NCC(=O)OC(C(=O)O)C(O)(CC(=O)O)C(=O)O. The fraction of sp³-hybridized carbons (Fsp3) is 0.600. The number of carbonyl (C=O) groups is 4. The Balaban J connectivity index is 5.17. The molecule has 0 amide bonds. The minimum absolute atomic E-state index is 0.676. The lowest BCUT2D eigenvalue weighted by atomic mass is 9.92. The monoisotopic (exact) mass is 309 g/mol. The van der Waals surface area contributed by atoms with Crippen LogP contribution in [-0.2, 0) is 23.9 Å². The van der Waals surface area contributed by atoms with Crippen LogP contribution in [0.15, 0.2) is 0 Å². The van der Waals surface area contributed by atoms with Gasteiger partial charge in [0.15, 0.2) is 0 Å². The van der Waals surface area contributed by atoms with Crippen molar-refractivity contribution in [2.45, 2.75) is 31.3 Å². The van der Waals surface area contributed by atoms with Gasteiger partial charge in [-0.15, -0.1) is 0 Å². The van der Waals surface area contributed by atoms with Crippen molar-refractivity contribution in [3.8, 4) is 0 Å². The minimum Gasteiger partial charge on any atom is -0.481 e. The van der Waals surface area contributed by atoms with Crippen LogP contribution < -0.4 is 5.32 Å². The first-order valence-electron chi connectivity index (χ1n) is 5.52. The highest BCUT2D eigenvalue weighted by Gasteiger charge is 2.53. The Morgan fingerprint density at radius 3 is 2.05 bits per heavy atom. The summed E-state index contributed by atoms with van der Waals surface area (Å²) in [4.78, 5) is 43.7. The van der Waals surface area contributed by atoms with E-state index in [4.69, 9.17) is 20.4 Å². The maximum absolute atomic E-state index is 11.3. The van der Waals surface area contributed by atoms with Crippen LogP contribution in [0.5, 0.6) is 0 Å². The molecule has 0 aromatic carbocycles. The van der Waals surface area contributed by atoms with E-state index in [1.807, 2.05) is 0 Å². The van der Waals surface area contributed by atoms with E-state index in [1.54, 1.807) is 0 Å². The van der Waals surface area contributed by atoms with Crippen molar-refractivity contribution < 1.29 is 49.4 Å². The Bertz CT molecular complexity index is 434. The number of nitrogens with one attached hydrogen (secondary N) is 1. The van der Waals surface area contributed by atoms with Crippen LogP contribution in [0, 0.1) is 0 Å². The Labute approximate surface area is 117 Å². The van der Waals surface area contributed by atoms with Crippen LogP contribution >= 0.6 is 0 Å². The van der Waals surface area contributed by atoms with Gasteiger partial charge >= 0.3 is 23.9 Å². The molecular weight excluding hydrogens is 294 g/mol. The van der Waals surface area contributed by atoms with Crippen molar-refractivity contribution in [1.82, 2.24) is 5.32 Å². The molecule has 21 heavy (non-hydrogen) atoms. The Morgan fingerprint density at radius 2 is 1.71 bits per heavy atom. The quantitative estimate of drug-likeness (QED) is 0.190. The molecule has 6 N–H and O–H groups in total. The third-order valence-corrected chi connectivity index (χ3v) is 2.24. The standard InChI is InChI=1S/C10H15NO10/c1-4(12)11-3-6(15)21-7(8(16)17)10(20,9(18)19)2-5(13)14/h4,7,11-12,20H,2-3H2,1H3,(H,13,14)(H,16,17)(H,18,19). The molecule has 0 bridgehead atoms. The van der Waals surface area contributed by atoms with Crippen molar-refractivity contribution in [2.24, 2.45) is 0 Å². The molecule has 0 aliphatic heterocycles. The lowest BCUT2D eigenvalue weighted by molar-refractivity contribution is -0.197. The second kappa shape index (κ2) is 7.52. The normalized spacial score (nSPS) is 16.3. The first kappa shape index (κ1) is 18.8. The van der Waals surface area contributed by atoms with Crippen molar-refractivity contribution in [2.75, 3.05) is 6.54 Å². The summed E-state index contributed by atoms with van der Waals surface area (Å²) >= 11 is 0. The van der Waals surface area contributed by atoms with Crippen LogP contribution in [0.25, 0.3) is 0 Å². The maximum atomic E-state index is 11.3. The van der Waals surface area contributed by atoms with Crippen molar-refractivity contribution in [1.29, 1.82) is 0 Å². The number of esters is 1. The number of aliphatic carboxylic acids is 3. The molecule has 11 heteroatoms. The van der Waals surface area contributed by atoms with E-state index in [1.165, 1.54) is 6.92 Å². The van der Waals surface area contributed by atoms with Crippen molar-refractivity contribution in [3.63, 3.8) is 0 Å². The number of carboxylic acid groups (broad SMARTS) is 3. The highest BCUT2D eigenvalue weighted by molar-refractivity contribution is 5.92. The van der Waals surface area contributed by atoms with E-state index >= 15 is 0 Å². The molecule has 0 fully saturated rings. The Hall–Kier alpha value is -2.24. The lowest BCUT2D eigenvalue weighted by Crippen LogP contribution is -2.56. The summed E-state index contributed by atoms with van der Waals surface area (Å²) in [6.07, 6.45) is -5.25. The molecule has 0 rings (SSSR count). The van der Waals surface area contributed by atoms with Crippen molar-refractivity contribution >= 4 is 23.9 Å². The number of aliphatic hydroxyl groups excluding tert-OH is 1. The molecule has 0 aliphatic rings. The van der Waals surface area contributed by atoms with Crippen LogP contribution in [0.2, 0.25) is 0 Å². The second-order valence-corrected chi connectivity index (χ2v) is 4.06. The summed E-state index contributed by atoms with van der Waals surface area (Å²) in [7, 11) is 0. The summed E-state index contributed by atoms with van der Waals surface area (Å²) in [5.74, 6) is -7.31. The van der Waals surface area contributed by atoms with Crippen LogP contribution in [0.1, 0.15) is 13.3 Å². The largest absolute Gasteiger partial charge is 0.481 e. The molecule has 0 saturated carbocycles. The molecule has 3 atom stereocenters. The van der Waals surface area contributed by atoms with Gasteiger partial charge in [-0.25, -0.2) is 9.59 Å². The number of hydrogen-bond acceptors (Lipinski definition) is 8.